The summed E-state index contributed by atoms with van der Waals surface area (Å²) in [5.74, 6) is 0.109. The van der Waals surface area contributed by atoms with Crippen LogP contribution < -0.4 is 5.32 Å². The van der Waals surface area contributed by atoms with Gasteiger partial charge in [-0.3, -0.25) is 9.69 Å². The van der Waals surface area contributed by atoms with Crippen LogP contribution >= 0.6 is 0 Å². The Labute approximate surface area is 112 Å². The lowest BCUT2D eigenvalue weighted by atomic mass is 10.1. The summed E-state index contributed by atoms with van der Waals surface area (Å²) in [6, 6.07) is 7.13. The van der Waals surface area contributed by atoms with Crippen LogP contribution in [-0.2, 0) is 11.3 Å². The van der Waals surface area contributed by atoms with Gasteiger partial charge in [-0.2, -0.15) is 0 Å². The number of halogens is 1. The Hall–Kier alpha value is -1.42. The highest BCUT2D eigenvalue weighted by Crippen LogP contribution is 2.23. The second-order valence-electron chi connectivity index (χ2n) is 5.63. The van der Waals surface area contributed by atoms with Gasteiger partial charge in [-0.05, 0) is 43.5 Å². The van der Waals surface area contributed by atoms with E-state index in [9.17, 15) is 9.18 Å². The Morgan fingerprint density at radius 2 is 2.21 bits per heavy atom. The number of rotatable bonds is 4. The van der Waals surface area contributed by atoms with Gasteiger partial charge in [0.05, 0.1) is 5.92 Å². The fourth-order valence-electron chi connectivity index (χ4n) is 2.63. The zero-order valence-electron chi connectivity index (χ0n) is 10.9. The first kappa shape index (κ1) is 12.6. The summed E-state index contributed by atoms with van der Waals surface area (Å²) >= 11 is 0. The van der Waals surface area contributed by atoms with Gasteiger partial charge in [0.2, 0.25) is 5.91 Å². The molecule has 4 heteroatoms. The predicted molar refractivity (Wildman–Crippen MR) is 70.9 cm³/mol. The van der Waals surface area contributed by atoms with Crippen LogP contribution in [0.25, 0.3) is 0 Å². The predicted octanol–water partition coefficient (Wildman–Crippen LogP) is 1.93. The average Bonchev–Trinajstić information content (AvgIpc) is 3.06. The molecule has 1 unspecified atom stereocenters. The Morgan fingerprint density at radius 3 is 2.95 bits per heavy atom. The Morgan fingerprint density at radius 1 is 1.37 bits per heavy atom. The van der Waals surface area contributed by atoms with E-state index in [2.05, 4.69) is 10.2 Å². The van der Waals surface area contributed by atoms with E-state index in [4.69, 9.17) is 0 Å². The van der Waals surface area contributed by atoms with Gasteiger partial charge in [-0.1, -0.05) is 12.1 Å². The van der Waals surface area contributed by atoms with Crippen LogP contribution in [0.15, 0.2) is 24.3 Å². The van der Waals surface area contributed by atoms with E-state index in [0.717, 1.165) is 44.5 Å². The molecule has 0 spiro atoms. The van der Waals surface area contributed by atoms with Gasteiger partial charge in [0.25, 0.3) is 0 Å². The van der Waals surface area contributed by atoms with Crippen molar-refractivity contribution in [2.75, 3.05) is 13.1 Å². The zero-order chi connectivity index (χ0) is 13.2. The van der Waals surface area contributed by atoms with Crippen LogP contribution in [0.2, 0.25) is 0 Å². The molecular weight excluding hydrogens is 243 g/mol. The maximum atomic E-state index is 13.1. The Balaban J connectivity index is 1.52. The van der Waals surface area contributed by atoms with Crippen molar-refractivity contribution in [3.63, 3.8) is 0 Å². The van der Waals surface area contributed by atoms with Gasteiger partial charge in [0.1, 0.15) is 5.82 Å². The molecule has 1 N–H and O–H groups in total. The van der Waals surface area contributed by atoms with Gasteiger partial charge < -0.3 is 5.32 Å². The molecule has 1 amide bonds. The lowest BCUT2D eigenvalue weighted by molar-refractivity contribution is -0.124. The first-order valence-corrected chi connectivity index (χ1v) is 6.98. The Kier molecular flexibility index (Phi) is 3.51. The molecule has 1 saturated heterocycles. The molecule has 1 saturated carbocycles. The molecule has 3 nitrogen and oxygen atoms in total. The number of carbonyl (C=O) groups is 1. The first-order chi connectivity index (χ1) is 9.20. The monoisotopic (exact) mass is 262 g/mol. The average molecular weight is 262 g/mol. The summed E-state index contributed by atoms with van der Waals surface area (Å²) in [5, 5.41) is 3.06. The fraction of sp³-hybridized carbons (Fsp3) is 0.533. The highest BCUT2D eigenvalue weighted by molar-refractivity contribution is 5.79. The second kappa shape index (κ2) is 5.29. The standard InChI is InChI=1S/C15H19FN2O/c16-13-3-1-2-11(8-13)9-18-7-6-12(10-18)15(19)17-14-4-5-14/h1-3,8,12,14H,4-7,9-10H2,(H,17,19). The van der Waals surface area contributed by atoms with E-state index in [1.54, 1.807) is 12.1 Å². The summed E-state index contributed by atoms with van der Waals surface area (Å²) in [7, 11) is 0. The van der Waals surface area contributed by atoms with E-state index < -0.39 is 0 Å². The quantitative estimate of drug-likeness (QED) is 0.899. The molecular formula is C15H19FN2O. The molecule has 1 atom stereocenters. The lowest BCUT2D eigenvalue weighted by Crippen LogP contribution is -2.34. The first-order valence-electron chi connectivity index (χ1n) is 6.98. The number of amides is 1. The van der Waals surface area contributed by atoms with Crippen molar-refractivity contribution in [3.05, 3.63) is 35.6 Å². The molecule has 0 radical (unpaired) electrons. The van der Waals surface area contributed by atoms with Gasteiger partial charge in [-0.25, -0.2) is 4.39 Å². The van der Waals surface area contributed by atoms with Crippen molar-refractivity contribution in [3.8, 4) is 0 Å². The number of hydrogen-bond acceptors (Lipinski definition) is 2. The van der Waals surface area contributed by atoms with Crippen LogP contribution in [0.1, 0.15) is 24.8 Å². The van der Waals surface area contributed by atoms with Crippen LogP contribution in [-0.4, -0.2) is 29.9 Å². The van der Waals surface area contributed by atoms with Crippen molar-refractivity contribution in [2.24, 2.45) is 5.92 Å². The fourth-order valence-corrected chi connectivity index (χ4v) is 2.63. The van der Waals surface area contributed by atoms with Crippen molar-refractivity contribution in [2.45, 2.75) is 31.8 Å². The third kappa shape index (κ3) is 3.32. The smallest absolute Gasteiger partial charge is 0.224 e. The molecule has 1 aromatic rings. The molecule has 102 valence electrons. The van der Waals surface area contributed by atoms with Crippen molar-refractivity contribution in [1.82, 2.24) is 10.2 Å². The van der Waals surface area contributed by atoms with E-state index in [1.807, 2.05) is 6.07 Å². The van der Waals surface area contributed by atoms with Crippen LogP contribution in [0.5, 0.6) is 0 Å². The summed E-state index contributed by atoms with van der Waals surface area (Å²) in [6.07, 6.45) is 3.17. The van der Waals surface area contributed by atoms with Crippen molar-refractivity contribution >= 4 is 5.91 Å². The lowest BCUT2D eigenvalue weighted by Gasteiger charge is -2.16. The molecule has 2 fully saturated rings. The molecule has 0 bridgehead atoms. The van der Waals surface area contributed by atoms with E-state index >= 15 is 0 Å². The largest absolute Gasteiger partial charge is 0.353 e. The highest BCUT2D eigenvalue weighted by Gasteiger charge is 2.31. The molecule has 1 aliphatic carbocycles. The minimum Gasteiger partial charge on any atom is -0.353 e. The molecule has 19 heavy (non-hydrogen) atoms. The molecule has 1 heterocycles. The van der Waals surface area contributed by atoms with Crippen LogP contribution in [0, 0.1) is 11.7 Å². The van der Waals surface area contributed by atoms with E-state index in [-0.39, 0.29) is 17.6 Å². The number of nitrogens with one attached hydrogen (secondary N) is 1. The van der Waals surface area contributed by atoms with E-state index in [1.165, 1.54) is 6.07 Å². The SMILES string of the molecule is O=C(NC1CC1)C1CCN(Cc2cccc(F)c2)C1. The van der Waals surface area contributed by atoms with Crippen LogP contribution in [0.3, 0.4) is 0 Å². The number of carbonyl (C=O) groups excluding carboxylic acids is 1. The molecule has 0 aromatic heterocycles. The maximum Gasteiger partial charge on any atom is 0.224 e. The van der Waals surface area contributed by atoms with Gasteiger partial charge >= 0.3 is 0 Å². The number of nitrogens with zero attached hydrogens (tertiary/aromatic N) is 1. The minimum atomic E-state index is -0.195. The van der Waals surface area contributed by atoms with Crippen molar-refractivity contribution < 1.29 is 9.18 Å². The number of likely N-dealkylation sites (tertiary alicyclic amines) is 1. The van der Waals surface area contributed by atoms with Gasteiger partial charge in [0, 0.05) is 19.1 Å². The third-order valence-corrected chi connectivity index (χ3v) is 3.86. The zero-order valence-corrected chi connectivity index (χ0v) is 10.9. The molecule has 1 aliphatic heterocycles. The Bertz CT molecular complexity index is 473. The topological polar surface area (TPSA) is 32.3 Å². The second-order valence-corrected chi connectivity index (χ2v) is 5.63. The van der Waals surface area contributed by atoms with Gasteiger partial charge in [-0.15, -0.1) is 0 Å². The van der Waals surface area contributed by atoms with Crippen LogP contribution in [0.4, 0.5) is 4.39 Å². The summed E-state index contributed by atoms with van der Waals surface area (Å²) < 4.78 is 13.1. The number of benzene rings is 1. The summed E-state index contributed by atoms with van der Waals surface area (Å²) in [4.78, 5) is 14.2. The van der Waals surface area contributed by atoms with E-state index in [0.29, 0.717) is 6.04 Å². The maximum absolute atomic E-state index is 13.1. The molecule has 1 aromatic carbocycles. The highest BCUT2D eigenvalue weighted by atomic mass is 19.1. The normalized spacial score (nSPS) is 23.5. The minimum absolute atomic E-state index is 0.106. The third-order valence-electron chi connectivity index (χ3n) is 3.86. The number of hydrogen-bond donors (Lipinski definition) is 1. The van der Waals surface area contributed by atoms with Gasteiger partial charge in [0.15, 0.2) is 0 Å². The molecule has 3 rings (SSSR count). The summed E-state index contributed by atoms with van der Waals surface area (Å²) in [5.41, 5.74) is 0.975. The summed E-state index contributed by atoms with van der Waals surface area (Å²) in [6.45, 7) is 2.43. The molecule has 2 aliphatic rings. The van der Waals surface area contributed by atoms with Crippen molar-refractivity contribution in [1.29, 1.82) is 0 Å².